The molecule has 6 nitrogen and oxygen atoms in total. The van der Waals surface area contributed by atoms with Crippen LogP contribution in [-0.2, 0) is 11.3 Å². The summed E-state index contributed by atoms with van der Waals surface area (Å²) in [6, 6.07) is 1.94. The van der Waals surface area contributed by atoms with Crippen LogP contribution in [0, 0.1) is 5.41 Å². The molecule has 2 N–H and O–H groups in total. The highest BCUT2D eigenvalue weighted by molar-refractivity contribution is 5.79. The third-order valence-corrected chi connectivity index (χ3v) is 3.43. The summed E-state index contributed by atoms with van der Waals surface area (Å²) in [5.74, 6) is 0.842. The van der Waals surface area contributed by atoms with Crippen molar-refractivity contribution in [2.24, 2.45) is 10.4 Å². The molecule has 1 aromatic rings. The van der Waals surface area contributed by atoms with Crippen molar-refractivity contribution < 1.29 is 4.74 Å². The number of ether oxygens (including phenoxy) is 1. The van der Waals surface area contributed by atoms with Crippen LogP contribution in [0.3, 0.4) is 0 Å². The number of hydrogen-bond donors (Lipinski definition) is 2. The second kappa shape index (κ2) is 9.46. The summed E-state index contributed by atoms with van der Waals surface area (Å²) in [5, 5.41) is 10.8. The van der Waals surface area contributed by atoms with Crippen LogP contribution in [0.5, 0.6) is 0 Å². The van der Waals surface area contributed by atoms with E-state index < -0.39 is 0 Å². The van der Waals surface area contributed by atoms with Crippen molar-refractivity contribution >= 4 is 5.96 Å². The zero-order valence-electron chi connectivity index (χ0n) is 14.6. The van der Waals surface area contributed by atoms with Crippen molar-refractivity contribution in [3.63, 3.8) is 0 Å². The molecule has 1 heterocycles. The van der Waals surface area contributed by atoms with E-state index in [-0.39, 0.29) is 11.5 Å². The fourth-order valence-electron chi connectivity index (χ4n) is 2.10. The van der Waals surface area contributed by atoms with Gasteiger partial charge in [-0.1, -0.05) is 20.8 Å². The van der Waals surface area contributed by atoms with Crippen molar-refractivity contribution in [3.8, 4) is 0 Å². The predicted octanol–water partition coefficient (Wildman–Crippen LogP) is 1.89. The number of guanidine groups is 1. The highest BCUT2D eigenvalue weighted by atomic mass is 16.5. The first-order chi connectivity index (χ1) is 10.5. The minimum absolute atomic E-state index is 0.0790. The van der Waals surface area contributed by atoms with Gasteiger partial charge in [0.1, 0.15) is 0 Å². The van der Waals surface area contributed by atoms with Gasteiger partial charge in [-0.05, 0) is 24.8 Å². The van der Waals surface area contributed by atoms with E-state index in [0.717, 1.165) is 32.0 Å². The first-order valence-corrected chi connectivity index (χ1v) is 7.99. The molecular formula is C16H31N5O. The number of aryl methyl sites for hydroxylation is 1. The number of aromatic nitrogens is 2. The lowest BCUT2D eigenvalue weighted by Crippen LogP contribution is -2.40. The van der Waals surface area contributed by atoms with Gasteiger partial charge in [0.2, 0.25) is 0 Å². The first-order valence-electron chi connectivity index (χ1n) is 7.99. The largest absolute Gasteiger partial charge is 0.379 e. The molecule has 0 amide bonds. The van der Waals surface area contributed by atoms with E-state index in [0.29, 0.717) is 6.54 Å². The number of rotatable bonds is 8. The van der Waals surface area contributed by atoms with Crippen LogP contribution in [0.2, 0.25) is 0 Å². The van der Waals surface area contributed by atoms with E-state index in [4.69, 9.17) is 4.74 Å². The molecule has 0 aromatic carbocycles. The molecule has 22 heavy (non-hydrogen) atoms. The SMILES string of the molecule is CCNC(=NCC(OC)C(C)(C)C)NCCCn1cccn1. The van der Waals surface area contributed by atoms with Crippen molar-refractivity contribution in [3.05, 3.63) is 18.5 Å². The van der Waals surface area contributed by atoms with Crippen molar-refractivity contribution in [1.82, 2.24) is 20.4 Å². The first kappa shape index (κ1) is 18.5. The van der Waals surface area contributed by atoms with Gasteiger partial charge >= 0.3 is 0 Å². The molecule has 1 atom stereocenters. The Labute approximate surface area is 134 Å². The monoisotopic (exact) mass is 309 g/mol. The van der Waals surface area contributed by atoms with E-state index in [1.807, 2.05) is 16.9 Å². The highest BCUT2D eigenvalue weighted by Gasteiger charge is 2.23. The van der Waals surface area contributed by atoms with Crippen LogP contribution in [0.15, 0.2) is 23.5 Å². The van der Waals surface area contributed by atoms with Crippen molar-refractivity contribution in [1.29, 1.82) is 0 Å². The van der Waals surface area contributed by atoms with Crippen molar-refractivity contribution in [2.45, 2.75) is 46.8 Å². The molecule has 0 radical (unpaired) electrons. The molecule has 0 spiro atoms. The van der Waals surface area contributed by atoms with Gasteiger partial charge in [-0.25, -0.2) is 0 Å². The van der Waals surface area contributed by atoms with Gasteiger partial charge < -0.3 is 15.4 Å². The maximum atomic E-state index is 5.54. The Morgan fingerprint density at radius 3 is 2.68 bits per heavy atom. The molecule has 0 saturated heterocycles. The van der Waals surface area contributed by atoms with Crippen LogP contribution in [0.4, 0.5) is 0 Å². The summed E-state index contributed by atoms with van der Waals surface area (Å²) in [4.78, 5) is 4.63. The lowest BCUT2D eigenvalue weighted by atomic mass is 9.89. The molecule has 0 fully saturated rings. The average Bonchev–Trinajstić information content (AvgIpc) is 2.95. The van der Waals surface area contributed by atoms with E-state index in [1.165, 1.54) is 0 Å². The molecular weight excluding hydrogens is 278 g/mol. The average molecular weight is 309 g/mol. The lowest BCUT2D eigenvalue weighted by molar-refractivity contribution is 0.0241. The van der Waals surface area contributed by atoms with Crippen LogP contribution < -0.4 is 10.6 Å². The fraction of sp³-hybridized carbons (Fsp3) is 0.750. The summed E-state index contributed by atoms with van der Waals surface area (Å²) < 4.78 is 7.48. The molecule has 1 unspecified atom stereocenters. The minimum Gasteiger partial charge on any atom is -0.379 e. The maximum Gasteiger partial charge on any atom is 0.191 e. The summed E-state index contributed by atoms with van der Waals surface area (Å²) in [6.45, 7) is 11.8. The quantitative estimate of drug-likeness (QED) is 0.437. The summed E-state index contributed by atoms with van der Waals surface area (Å²) >= 11 is 0. The second-order valence-corrected chi connectivity index (χ2v) is 6.36. The van der Waals surface area contributed by atoms with Crippen LogP contribution in [0.25, 0.3) is 0 Å². The summed E-state index contributed by atoms with van der Waals surface area (Å²) in [5.41, 5.74) is 0.0790. The number of nitrogens with one attached hydrogen (secondary N) is 2. The zero-order valence-corrected chi connectivity index (χ0v) is 14.6. The third-order valence-electron chi connectivity index (χ3n) is 3.43. The molecule has 0 aliphatic carbocycles. The fourth-order valence-corrected chi connectivity index (χ4v) is 2.10. The summed E-state index contributed by atoms with van der Waals surface area (Å²) in [7, 11) is 1.75. The predicted molar refractivity (Wildman–Crippen MR) is 91.1 cm³/mol. The smallest absolute Gasteiger partial charge is 0.191 e. The molecule has 1 rings (SSSR count). The number of aliphatic imine (C=N–C) groups is 1. The molecule has 0 bridgehead atoms. The topological polar surface area (TPSA) is 63.5 Å². The van der Waals surface area contributed by atoms with Gasteiger partial charge in [0.25, 0.3) is 0 Å². The molecule has 0 saturated carbocycles. The molecule has 1 aromatic heterocycles. The Kier molecular flexibility index (Phi) is 7.95. The van der Waals surface area contributed by atoms with Gasteiger partial charge in [0.15, 0.2) is 5.96 Å². The normalized spacial score (nSPS) is 14.0. The van der Waals surface area contributed by atoms with Gasteiger partial charge in [0.05, 0.1) is 12.6 Å². The Balaban J connectivity index is 2.40. The van der Waals surface area contributed by atoms with Crippen LogP contribution >= 0.6 is 0 Å². The number of methoxy groups -OCH3 is 1. The van der Waals surface area contributed by atoms with Gasteiger partial charge in [-0.15, -0.1) is 0 Å². The van der Waals surface area contributed by atoms with Gasteiger partial charge in [-0.2, -0.15) is 5.10 Å². The van der Waals surface area contributed by atoms with Crippen LogP contribution in [-0.4, -0.2) is 48.6 Å². The zero-order chi connectivity index (χ0) is 16.4. The summed E-state index contributed by atoms with van der Waals surface area (Å²) in [6.07, 6.45) is 4.88. The van der Waals surface area contributed by atoms with Gasteiger partial charge in [0, 0.05) is 39.1 Å². The van der Waals surface area contributed by atoms with Crippen LogP contribution in [0.1, 0.15) is 34.1 Å². The molecule has 6 heteroatoms. The Hall–Kier alpha value is -1.56. The molecule has 0 aliphatic heterocycles. The third kappa shape index (κ3) is 6.93. The van der Waals surface area contributed by atoms with Crippen molar-refractivity contribution in [2.75, 3.05) is 26.7 Å². The molecule has 126 valence electrons. The minimum atomic E-state index is 0.0790. The Bertz CT molecular complexity index is 422. The molecule has 0 aliphatic rings. The number of hydrogen-bond acceptors (Lipinski definition) is 3. The van der Waals surface area contributed by atoms with E-state index in [2.05, 4.69) is 48.4 Å². The Morgan fingerprint density at radius 2 is 2.14 bits per heavy atom. The standard InChI is InChI=1S/C16H31N5O/c1-6-17-15(19-13-14(22-5)16(2,3)4)18-9-7-11-21-12-8-10-20-21/h8,10,12,14H,6-7,9,11,13H2,1-5H3,(H2,17,18,19). The highest BCUT2D eigenvalue weighted by Crippen LogP contribution is 2.21. The van der Waals surface area contributed by atoms with Gasteiger partial charge in [-0.3, -0.25) is 9.67 Å². The Morgan fingerprint density at radius 1 is 1.36 bits per heavy atom. The van der Waals surface area contributed by atoms with E-state index in [1.54, 1.807) is 13.3 Å². The van der Waals surface area contributed by atoms with E-state index >= 15 is 0 Å². The maximum absolute atomic E-state index is 5.54. The van der Waals surface area contributed by atoms with E-state index in [9.17, 15) is 0 Å². The number of nitrogens with zero attached hydrogens (tertiary/aromatic N) is 3. The lowest BCUT2D eigenvalue weighted by Gasteiger charge is -2.28. The second-order valence-electron chi connectivity index (χ2n) is 6.36.